The number of nitrogens with two attached hydrogens (primary N) is 2. The second kappa shape index (κ2) is 14.6. The number of carbonyl (C=O) groups excluding carboxylic acids is 4. The summed E-state index contributed by atoms with van der Waals surface area (Å²) in [5, 5.41) is 0. The summed E-state index contributed by atoms with van der Waals surface area (Å²) in [7, 11) is 0. The van der Waals surface area contributed by atoms with Gasteiger partial charge in [0.15, 0.2) is 29.8 Å². The molecule has 0 aromatic rings. The lowest BCUT2D eigenvalue weighted by atomic mass is 9.89. The quantitative estimate of drug-likeness (QED) is 0.160. The molecule has 6 fully saturated rings. The third-order valence-corrected chi connectivity index (χ3v) is 10.7. The molecular weight excluding hydrogens is 644 g/mol. The highest BCUT2D eigenvalue weighted by molar-refractivity contribution is 5.90. The third-order valence-electron chi connectivity index (χ3n) is 10.7. The molecule has 15 heteroatoms. The van der Waals surface area contributed by atoms with Crippen molar-refractivity contribution in [2.24, 2.45) is 29.2 Å². The summed E-state index contributed by atoms with van der Waals surface area (Å²) in [6, 6.07) is 0. The Labute approximate surface area is 285 Å². The van der Waals surface area contributed by atoms with Gasteiger partial charge in [0.1, 0.15) is 30.7 Å². The highest BCUT2D eigenvalue weighted by atomic mass is 16.8. The lowest BCUT2D eigenvalue weighted by Crippen LogP contribution is -2.44. The highest BCUT2D eigenvalue weighted by Gasteiger charge is 2.57. The Morgan fingerprint density at radius 2 is 1.27 bits per heavy atom. The van der Waals surface area contributed by atoms with Crippen LogP contribution in [0.3, 0.4) is 0 Å². The van der Waals surface area contributed by atoms with Crippen molar-refractivity contribution >= 4 is 23.7 Å². The predicted molar refractivity (Wildman–Crippen MR) is 166 cm³/mol. The summed E-state index contributed by atoms with van der Waals surface area (Å²) in [6.07, 6.45) is 6.45. The van der Waals surface area contributed by atoms with Crippen molar-refractivity contribution in [1.82, 2.24) is 0 Å². The number of hydrogen-bond donors (Lipinski definition) is 2. The first kappa shape index (κ1) is 35.7. The van der Waals surface area contributed by atoms with Gasteiger partial charge >= 0.3 is 17.9 Å². The first-order valence-corrected chi connectivity index (χ1v) is 17.3. The van der Waals surface area contributed by atoms with Crippen LogP contribution in [0.15, 0.2) is 24.6 Å². The van der Waals surface area contributed by atoms with Gasteiger partial charge in [-0.3, -0.25) is 9.59 Å². The maximum absolute atomic E-state index is 13.6. The molecule has 3 heterocycles. The van der Waals surface area contributed by atoms with Crippen molar-refractivity contribution in [3.8, 4) is 0 Å². The first-order chi connectivity index (χ1) is 23.4. The molecule has 272 valence electrons. The zero-order chi connectivity index (χ0) is 34.8. The molecule has 0 aromatic heterocycles. The van der Waals surface area contributed by atoms with E-state index in [9.17, 15) is 19.2 Å². The predicted octanol–water partition coefficient (Wildman–Crippen LogP) is 1.65. The molecule has 6 rings (SSSR count). The van der Waals surface area contributed by atoms with E-state index < -0.39 is 66.1 Å². The zero-order valence-corrected chi connectivity index (χ0v) is 27.9. The summed E-state index contributed by atoms with van der Waals surface area (Å²) in [5.41, 5.74) is 10.2. The van der Waals surface area contributed by atoms with E-state index in [1.807, 2.05) is 0 Å². The molecule has 4 N–H and O–H groups in total. The molecule has 49 heavy (non-hydrogen) atoms. The summed E-state index contributed by atoms with van der Waals surface area (Å²) < 4.78 is 53.2. The minimum Gasteiger partial charge on any atom is -0.463 e. The fraction of sp³-hybridized carbons (Fsp3) is 0.765. The van der Waals surface area contributed by atoms with Crippen molar-refractivity contribution in [3.05, 3.63) is 24.6 Å². The zero-order valence-electron chi connectivity index (χ0n) is 27.9. The standard InChI is InChI=1S/C34H48N2O13/c1-20(35)30(39)41-12-7-28(38)42-15-24-16-44-33(47-24)10-5-22(13-33)23-6-11-34(14-23)46-19-27(49-34)29(25(37)17-43-31(40)21(2)36)26-18-45-32(48-26)8-3-4-9-32/h22-24,26-27,29H,1-19,35-36H2. The molecule has 6 aliphatic rings. The van der Waals surface area contributed by atoms with Crippen LogP contribution in [0, 0.1) is 17.8 Å². The Kier molecular flexibility index (Phi) is 10.7. The number of Topliss-reactive ketones (excluding diaryl/α,β-unsaturated/α-hetero) is 1. The largest absolute Gasteiger partial charge is 0.463 e. The summed E-state index contributed by atoms with van der Waals surface area (Å²) in [6.45, 7) is 6.83. The Morgan fingerprint density at radius 1 is 0.714 bits per heavy atom. The van der Waals surface area contributed by atoms with Gasteiger partial charge in [0.2, 0.25) is 0 Å². The van der Waals surface area contributed by atoms with E-state index in [4.69, 9.17) is 54.1 Å². The lowest BCUT2D eigenvalue weighted by molar-refractivity contribution is -0.190. The number of esters is 3. The van der Waals surface area contributed by atoms with Gasteiger partial charge in [-0.05, 0) is 37.5 Å². The summed E-state index contributed by atoms with van der Waals surface area (Å²) in [4.78, 5) is 49.0. The van der Waals surface area contributed by atoms with E-state index in [1.165, 1.54) is 0 Å². The van der Waals surface area contributed by atoms with Gasteiger partial charge in [-0.2, -0.15) is 0 Å². The van der Waals surface area contributed by atoms with Gasteiger partial charge in [0, 0.05) is 38.5 Å². The van der Waals surface area contributed by atoms with Crippen LogP contribution >= 0.6 is 0 Å². The van der Waals surface area contributed by atoms with E-state index in [-0.39, 0.29) is 50.0 Å². The molecule has 3 saturated carbocycles. The average molecular weight is 693 g/mol. The molecule has 15 nitrogen and oxygen atoms in total. The van der Waals surface area contributed by atoms with Gasteiger partial charge in [-0.25, -0.2) is 9.59 Å². The maximum Gasteiger partial charge on any atom is 0.353 e. The first-order valence-electron chi connectivity index (χ1n) is 17.3. The lowest BCUT2D eigenvalue weighted by Gasteiger charge is -2.30. The molecule has 8 atom stereocenters. The van der Waals surface area contributed by atoms with Gasteiger partial charge in [-0.1, -0.05) is 13.2 Å². The van der Waals surface area contributed by atoms with E-state index in [0.29, 0.717) is 37.7 Å². The molecule has 3 saturated heterocycles. The van der Waals surface area contributed by atoms with Crippen molar-refractivity contribution in [2.75, 3.05) is 39.6 Å². The maximum atomic E-state index is 13.6. The fourth-order valence-electron chi connectivity index (χ4n) is 8.24. The second-order valence-electron chi connectivity index (χ2n) is 14.1. The monoisotopic (exact) mass is 692 g/mol. The molecular formula is C34H48N2O13. The van der Waals surface area contributed by atoms with E-state index in [2.05, 4.69) is 13.2 Å². The van der Waals surface area contributed by atoms with Gasteiger partial charge in [0.05, 0.1) is 44.4 Å². The minimum absolute atomic E-state index is 0.0370. The van der Waals surface area contributed by atoms with Crippen molar-refractivity contribution < 1.29 is 61.8 Å². The van der Waals surface area contributed by atoms with Crippen molar-refractivity contribution in [2.45, 2.75) is 106 Å². The van der Waals surface area contributed by atoms with Crippen LogP contribution in [0.2, 0.25) is 0 Å². The Balaban J connectivity index is 0.994. The summed E-state index contributed by atoms with van der Waals surface area (Å²) in [5.74, 6) is -4.83. The SMILES string of the molecule is C=C(N)C(=O)OCCC(=O)OCC1COC2(CCC(C3CCC4(C3)OCC(C(C(=O)COC(=O)C(=C)N)C3COC5(CCCC5)O3)O4)C2)O1. The second-order valence-corrected chi connectivity index (χ2v) is 14.1. The number of carbonyl (C=O) groups is 4. The van der Waals surface area contributed by atoms with Crippen LogP contribution < -0.4 is 11.5 Å². The third kappa shape index (κ3) is 8.12. The number of hydrogen-bond acceptors (Lipinski definition) is 15. The average Bonchev–Trinajstić information content (AvgIpc) is 3.93. The molecule has 3 aliphatic heterocycles. The minimum atomic E-state index is -0.839. The molecule has 0 aromatic carbocycles. The van der Waals surface area contributed by atoms with E-state index in [1.54, 1.807) is 0 Å². The van der Waals surface area contributed by atoms with Crippen LogP contribution in [-0.4, -0.2) is 99.0 Å². The van der Waals surface area contributed by atoms with Crippen LogP contribution in [0.1, 0.15) is 70.6 Å². The van der Waals surface area contributed by atoms with Crippen LogP contribution in [0.5, 0.6) is 0 Å². The van der Waals surface area contributed by atoms with Gasteiger partial charge in [0.25, 0.3) is 0 Å². The van der Waals surface area contributed by atoms with E-state index >= 15 is 0 Å². The molecule has 8 unspecified atom stereocenters. The summed E-state index contributed by atoms with van der Waals surface area (Å²) >= 11 is 0. The smallest absolute Gasteiger partial charge is 0.353 e. The molecule has 3 aliphatic carbocycles. The topological polar surface area (TPSA) is 203 Å². The highest BCUT2D eigenvalue weighted by Crippen LogP contribution is 2.53. The Bertz CT molecular complexity index is 1320. The van der Waals surface area contributed by atoms with E-state index in [0.717, 1.165) is 44.9 Å². The van der Waals surface area contributed by atoms with Crippen LogP contribution in [0.4, 0.5) is 0 Å². The Hall–Kier alpha value is -3.08. The number of rotatable bonds is 13. The number of ether oxygens (including phenoxy) is 9. The molecule has 0 amide bonds. The normalized spacial score (nSPS) is 35.2. The Morgan fingerprint density at radius 3 is 1.90 bits per heavy atom. The molecule has 0 radical (unpaired) electrons. The van der Waals surface area contributed by atoms with Crippen molar-refractivity contribution in [3.63, 3.8) is 0 Å². The molecule has 3 spiro atoms. The van der Waals surface area contributed by atoms with Crippen LogP contribution in [0.25, 0.3) is 0 Å². The van der Waals surface area contributed by atoms with Gasteiger partial charge < -0.3 is 54.1 Å². The van der Waals surface area contributed by atoms with Crippen LogP contribution in [-0.2, 0) is 61.8 Å². The van der Waals surface area contributed by atoms with Gasteiger partial charge in [-0.15, -0.1) is 0 Å². The molecule has 0 bridgehead atoms. The number of ketones is 1. The fourth-order valence-corrected chi connectivity index (χ4v) is 8.24. The van der Waals surface area contributed by atoms with Crippen molar-refractivity contribution in [1.29, 1.82) is 0 Å².